The first kappa shape index (κ1) is 10.6. The normalized spacial score (nSPS) is 32.5. The smallest absolute Gasteiger partial charge is 0.0662 e. The first-order valence-corrected chi connectivity index (χ1v) is 5.13. The molecule has 1 fully saturated rings. The molecule has 0 saturated heterocycles. The molecule has 0 aromatic carbocycles. The summed E-state index contributed by atoms with van der Waals surface area (Å²) in [5, 5.41) is 10.2. The van der Waals surface area contributed by atoms with Gasteiger partial charge in [0.2, 0.25) is 0 Å². The van der Waals surface area contributed by atoms with Crippen LogP contribution in [-0.4, -0.2) is 10.7 Å². The van der Waals surface area contributed by atoms with Crippen LogP contribution < -0.4 is 0 Å². The van der Waals surface area contributed by atoms with E-state index in [1.54, 1.807) is 0 Å². The monoisotopic (exact) mass is 180 g/mol. The summed E-state index contributed by atoms with van der Waals surface area (Å²) in [4.78, 5) is 0. The van der Waals surface area contributed by atoms with Crippen LogP contribution in [0.2, 0.25) is 0 Å². The number of rotatable bonds is 2. The summed E-state index contributed by atoms with van der Waals surface area (Å²) in [6.07, 6.45) is 10.9. The molecule has 0 heterocycles. The van der Waals surface area contributed by atoms with Crippen molar-refractivity contribution in [2.45, 2.75) is 58.0 Å². The van der Waals surface area contributed by atoms with Gasteiger partial charge in [-0.1, -0.05) is 20.3 Å². The highest BCUT2D eigenvalue weighted by Crippen LogP contribution is 2.42. The molecule has 0 radical (unpaired) electrons. The lowest BCUT2D eigenvalue weighted by Crippen LogP contribution is -2.38. The first-order valence-electron chi connectivity index (χ1n) is 5.13. The Bertz CT molecular complexity index is 212. The largest absolute Gasteiger partial charge is 0.390 e. The third kappa shape index (κ3) is 3.04. The van der Waals surface area contributed by atoms with Crippen molar-refractivity contribution >= 4 is 0 Å². The molecular formula is C12H20O. The summed E-state index contributed by atoms with van der Waals surface area (Å²) in [6, 6.07) is 0. The Balaban J connectivity index is 2.53. The second kappa shape index (κ2) is 3.72. The average Bonchev–Trinajstić information content (AvgIpc) is 1.98. The van der Waals surface area contributed by atoms with Gasteiger partial charge in [-0.15, -0.1) is 12.3 Å². The lowest BCUT2D eigenvalue weighted by molar-refractivity contribution is -0.0438. The standard InChI is InChI=1S/C12H20O/c1-4-5-8-12(13)9-6-7-11(2,3)10-12/h1,13H,5-10H2,2-3H3. The zero-order chi connectivity index (χ0) is 9.95. The van der Waals surface area contributed by atoms with Crippen LogP contribution in [0.25, 0.3) is 0 Å². The van der Waals surface area contributed by atoms with Gasteiger partial charge in [0.15, 0.2) is 0 Å². The van der Waals surface area contributed by atoms with Crippen molar-refractivity contribution in [2.75, 3.05) is 0 Å². The first-order chi connectivity index (χ1) is 5.97. The molecule has 0 spiro atoms. The maximum absolute atomic E-state index is 10.2. The van der Waals surface area contributed by atoms with E-state index in [9.17, 15) is 5.11 Å². The summed E-state index contributed by atoms with van der Waals surface area (Å²) in [7, 11) is 0. The van der Waals surface area contributed by atoms with Crippen LogP contribution in [0, 0.1) is 17.8 Å². The van der Waals surface area contributed by atoms with Crippen LogP contribution in [0.5, 0.6) is 0 Å². The zero-order valence-corrected chi connectivity index (χ0v) is 8.77. The van der Waals surface area contributed by atoms with Crippen LogP contribution in [0.3, 0.4) is 0 Å². The Morgan fingerprint density at radius 3 is 2.62 bits per heavy atom. The minimum Gasteiger partial charge on any atom is -0.390 e. The van der Waals surface area contributed by atoms with E-state index in [0.717, 1.165) is 25.7 Å². The summed E-state index contributed by atoms with van der Waals surface area (Å²) < 4.78 is 0. The predicted octanol–water partition coefficient (Wildman–Crippen LogP) is 2.73. The average molecular weight is 180 g/mol. The van der Waals surface area contributed by atoms with Crippen molar-refractivity contribution in [3.63, 3.8) is 0 Å². The molecule has 1 aliphatic carbocycles. The Morgan fingerprint density at radius 1 is 1.38 bits per heavy atom. The Morgan fingerprint density at radius 2 is 2.08 bits per heavy atom. The molecule has 74 valence electrons. The molecule has 0 bridgehead atoms. The molecule has 1 heteroatoms. The highest BCUT2D eigenvalue weighted by molar-refractivity contribution is 4.94. The van der Waals surface area contributed by atoms with Crippen LogP contribution in [0.1, 0.15) is 52.4 Å². The summed E-state index contributed by atoms with van der Waals surface area (Å²) in [5.41, 5.74) is -0.185. The maximum atomic E-state index is 10.2. The molecule has 13 heavy (non-hydrogen) atoms. The second-order valence-corrected chi connectivity index (χ2v) is 5.12. The summed E-state index contributed by atoms with van der Waals surface area (Å²) in [5.74, 6) is 2.61. The van der Waals surface area contributed by atoms with E-state index in [1.165, 1.54) is 6.42 Å². The zero-order valence-electron chi connectivity index (χ0n) is 8.77. The van der Waals surface area contributed by atoms with E-state index < -0.39 is 5.60 Å². The van der Waals surface area contributed by atoms with Crippen LogP contribution in [0.4, 0.5) is 0 Å². The molecule has 0 aromatic rings. The van der Waals surface area contributed by atoms with E-state index in [4.69, 9.17) is 6.42 Å². The number of hydrogen-bond acceptors (Lipinski definition) is 1. The lowest BCUT2D eigenvalue weighted by Gasteiger charge is -2.41. The van der Waals surface area contributed by atoms with Crippen molar-refractivity contribution in [3.8, 4) is 12.3 Å². The molecule has 1 aliphatic rings. The maximum Gasteiger partial charge on any atom is 0.0662 e. The highest BCUT2D eigenvalue weighted by Gasteiger charge is 2.37. The van der Waals surface area contributed by atoms with Crippen molar-refractivity contribution < 1.29 is 5.11 Å². The van der Waals surface area contributed by atoms with Gasteiger partial charge in [-0.2, -0.15) is 0 Å². The van der Waals surface area contributed by atoms with Gasteiger partial charge in [-0.3, -0.25) is 0 Å². The number of hydrogen-bond donors (Lipinski definition) is 1. The van der Waals surface area contributed by atoms with Gasteiger partial charge in [0.05, 0.1) is 5.60 Å². The lowest BCUT2D eigenvalue weighted by atomic mass is 9.68. The molecule has 1 N–H and O–H groups in total. The molecule has 0 aliphatic heterocycles. The summed E-state index contributed by atoms with van der Waals surface area (Å²) >= 11 is 0. The van der Waals surface area contributed by atoms with Gasteiger partial charge in [0, 0.05) is 6.42 Å². The fourth-order valence-corrected chi connectivity index (χ4v) is 2.48. The molecule has 1 saturated carbocycles. The van der Waals surface area contributed by atoms with Gasteiger partial charge in [0.1, 0.15) is 0 Å². The molecule has 1 atom stereocenters. The van der Waals surface area contributed by atoms with E-state index in [0.29, 0.717) is 11.8 Å². The molecule has 1 unspecified atom stereocenters. The van der Waals surface area contributed by atoms with Crippen LogP contribution >= 0.6 is 0 Å². The van der Waals surface area contributed by atoms with Gasteiger partial charge < -0.3 is 5.11 Å². The van der Waals surface area contributed by atoms with Crippen molar-refractivity contribution in [1.82, 2.24) is 0 Å². The Hall–Kier alpha value is -0.480. The van der Waals surface area contributed by atoms with Crippen LogP contribution in [-0.2, 0) is 0 Å². The van der Waals surface area contributed by atoms with Gasteiger partial charge >= 0.3 is 0 Å². The topological polar surface area (TPSA) is 20.2 Å². The fourth-order valence-electron chi connectivity index (χ4n) is 2.48. The second-order valence-electron chi connectivity index (χ2n) is 5.12. The third-order valence-electron chi connectivity index (χ3n) is 3.04. The quantitative estimate of drug-likeness (QED) is 0.648. The molecule has 1 rings (SSSR count). The predicted molar refractivity (Wildman–Crippen MR) is 55.3 cm³/mol. The van der Waals surface area contributed by atoms with E-state index in [1.807, 2.05) is 0 Å². The summed E-state index contributed by atoms with van der Waals surface area (Å²) in [6.45, 7) is 4.46. The molecule has 0 aromatic heterocycles. The van der Waals surface area contributed by atoms with Crippen molar-refractivity contribution in [1.29, 1.82) is 0 Å². The van der Waals surface area contributed by atoms with Gasteiger partial charge in [-0.05, 0) is 31.1 Å². The Labute approximate surface area is 81.5 Å². The minimum absolute atomic E-state index is 0.293. The van der Waals surface area contributed by atoms with Crippen LogP contribution in [0.15, 0.2) is 0 Å². The van der Waals surface area contributed by atoms with Gasteiger partial charge in [0.25, 0.3) is 0 Å². The number of terminal acetylenes is 1. The van der Waals surface area contributed by atoms with Crippen molar-refractivity contribution in [3.05, 3.63) is 0 Å². The Kier molecular flexibility index (Phi) is 3.03. The molecular weight excluding hydrogens is 160 g/mol. The molecule has 0 amide bonds. The minimum atomic E-state index is -0.478. The van der Waals surface area contributed by atoms with E-state index in [-0.39, 0.29) is 0 Å². The highest BCUT2D eigenvalue weighted by atomic mass is 16.3. The fraction of sp³-hybridized carbons (Fsp3) is 0.833. The number of aliphatic hydroxyl groups is 1. The van der Waals surface area contributed by atoms with E-state index in [2.05, 4.69) is 19.8 Å². The van der Waals surface area contributed by atoms with E-state index >= 15 is 0 Å². The third-order valence-corrected chi connectivity index (χ3v) is 3.04. The van der Waals surface area contributed by atoms with Crippen molar-refractivity contribution in [2.24, 2.45) is 5.41 Å². The SMILES string of the molecule is C#CCCC1(O)CCCC(C)(C)C1. The molecule has 1 nitrogen and oxygen atoms in total. The van der Waals surface area contributed by atoms with Gasteiger partial charge in [-0.25, -0.2) is 0 Å².